The van der Waals surface area contributed by atoms with E-state index in [1.54, 1.807) is 0 Å². The van der Waals surface area contributed by atoms with E-state index < -0.39 is 0 Å². The summed E-state index contributed by atoms with van der Waals surface area (Å²) in [5.74, 6) is -0.622. The number of hydrogen-bond donors (Lipinski definition) is 4. The van der Waals surface area contributed by atoms with Gasteiger partial charge in [0.2, 0.25) is 0 Å². The molecule has 0 amide bonds. The molecule has 0 saturated carbocycles. The summed E-state index contributed by atoms with van der Waals surface area (Å²) < 4.78 is 24.5. The fourth-order valence-electron chi connectivity index (χ4n) is 1.03. The second-order valence-electron chi connectivity index (χ2n) is 3.41. The van der Waals surface area contributed by atoms with Gasteiger partial charge in [-0.1, -0.05) is 0 Å². The molecule has 0 aliphatic heterocycles. The van der Waals surface area contributed by atoms with Gasteiger partial charge in [0.05, 0.1) is 0 Å². The zero-order valence-corrected chi connectivity index (χ0v) is 13.2. The van der Waals surface area contributed by atoms with E-state index >= 15 is 0 Å². The van der Waals surface area contributed by atoms with Crippen LogP contribution < -0.4 is 11.5 Å². The number of thiol groups is 2. The Morgan fingerprint density at radius 3 is 1.32 bits per heavy atom. The molecule has 0 aliphatic rings. The Morgan fingerprint density at radius 2 is 1.11 bits per heavy atom. The molecule has 2 rings (SSSR count). The van der Waals surface area contributed by atoms with Crippen molar-refractivity contribution < 1.29 is 11.6 Å². The minimum absolute atomic E-state index is 0. The Morgan fingerprint density at radius 1 is 0.789 bits per heavy atom. The molecule has 0 heterocycles. The fourth-order valence-corrected chi connectivity index (χ4v) is 1.43. The summed E-state index contributed by atoms with van der Waals surface area (Å²) in [7, 11) is 0. The summed E-state index contributed by atoms with van der Waals surface area (Å²) in [6.07, 6.45) is 0. The second kappa shape index (κ2) is 8.52. The molecular formula is C12H14F2MgN2S2. The van der Waals surface area contributed by atoms with Crippen LogP contribution in [0.3, 0.4) is 0 Å². The van der Waals surface area contributed by atoms with Crippen molar-refractivity contribution in [2.24, 2.45) is 0 Å². The average molecular weight is 313 g/mol. The minimum atomic E-state index is -0.311. The normalized spacial score (nSPS) is 9.05. The Bertz CT molecular complexity index is 513. The van der Waals surface area contributed by atoms with Crippen LogP contribution in [0.2, 0.25) is 0 Å². The van der Waals surface area contributed by atoms with Gasteiger partial charge in [0.25, 0.3) is 0 Å². The van der Waals surface area contributed by atoms with Crippen molar-refractivity contribution in [1.82, 2.24) is 0 Å². The molecule has 0 saturated heterocycles. The maximum Gasteiger partial charge on any atom is 2.00 e. The number of anilines is 2. The van der Waals surface area contributed by atoms with Crippen LogP contribution in [0.5, 0.6) is 0 Å². The average Bonchev–Trinajstić information content (AvgIpc) is 2.30. The summed E-state index contributed by atoms with van der Waals surface area (Å²) in [5, 5.41) is 0. The van der Waals surface area contributed by atoms with Crippen LogP contribution in [0.1, 0.15) is 2.85 Å². The third-order valence-corrected chi connectivity index (χ3v) is 2.76. The summed E-state index contributed by atoms with van der Waals surface area (Å²) >= 11 is 7.81. The van der Waals surface area contributed by atoms with E-state index in [0.29, 0.717) is 21.2 Å². The molecule has 0 aliphatic carbocycles. The van der Waals surface area contributed by atoms with Crippen LogP contribution in [-0.2, 0) is 0 Å². The molecule has 0 bridgehead atoms. The molecule has 0 aromatic heterocycles. The third-order valence-electron chi connectivity index (χ3n) is 1.98. The van der Waals surface area contributed by atoms with E-state index in [2.05, 4.69) is 25.3 Å². The van der Waals surface area contributed by atoms with E-state index in [1.165, 1.54) is 36.4 Å². The van der Waals surface area contributed by atoms with Gasteiger partial charge in [0.15, 0.2) is 0 Å². The maximum absolute atomic E-state index is 12.2. The molecule has 0 spiro atoms. The molecule has 7 heteroatoms. The number of nitrogens with two attached hydrogens (primary N) is 2. The van der Waals surface area contributed by atoms with Crippen molar-refractivity contribution in [2.75, 3.05) is 11.5 Å². The third kappa shape index (κ3) is 6.37. The number of nitrogen functional groups attached to an aromatic ring is 2. The largest absolute Gasteiger partial charge is 2.00 e. The number of halogens is 2. The van der Waals surface area contributed by atoms with E-state index in [-0.39, 0.29) is 37.5 Å². The first-order valence-corrected chi connectivity index (χ1v) is 5.77. The standard InChI is InChI=1S/2C6H6FNS.Mg.2H/c2*7-4-1-2-5(8)6(9)3-4;;;/h2*1-3,9H,8H2;;;/q;;+2;2*-1. The van der Waals surface area contributed by atoms with Gasteiger partial charge in [-0.05, 0) is 36.4 Å². The number of rotatable bonds is 0. The summed E-state index contributed by atoms with van der Waals surface area (Å²) in [4.78, 5) is 0.963. The zero-order valence-electron chi connectivity index (χ0n) is 12.0. The van der Waals surface area contributed by atoms with Gasteiger partial charge < -0.3 is 14.3 Å². The Labute approximate surface area is 140 Å². The van der Waals surface area contributed by atoms with Gasteiger partial charge in [-0.25, -0.2) is 8.78 Å². The molecule has 19 heavy (non-hydrogen) atoms. The quantitative estimate of drug-likeness (QED) is 0.343. The molecule has 0 unspecified atom stereocenters. The Hall–Kier alpha value is -0.634. The van der Waals surface area contributed by atoms with Crippen LogP contribution in [0.25, 0.3) is 0 Å². The second-order valence-corrected chi connectivity index (χ2v) is 4.37. The van der Waals surface area contributed by atoms with Crippen molar-refractivity contribution in [1.29, 1.82) is 0 Å². The first kappa shape index (κ1) is 18.4. The van der Waals surface area contributed by atoms with Gasteiger partial charge in [0, 0.05) is 21.2 Å². The summed E-state index contributed by atoms with van der Waals surface area (Å²) in [5.41, 5.74) is 11.7. The number of benzene rings is 2. The van der Waals surface area contributed by atoms with Crippen molar-refractivity contribution in [3.05, 3.63) is 48.0 Å². The Balaban J connectivity index is -0.000000270. The predicted molar refractivity (Wildman–Crippen MR) is 84.1 cm³/mol. The summed E-state index contributed by atoms with van der Waals surface area (Å²) in [6.45, 7) is 0. The SMILES string of the molecule is Nc1ccc(F)cc1S.Nc1ccc(F)cc1S.[H-].[H-].[Mg+2]. The van der Waals surface area contributed by atoms with E-state index in [1.807, 2.05) is 0 Å². The molecule has 100 valence electrons. The fraction of sp³-hybridized carbons (Fsp3) is 0. The van der Waals surface area contributed by atoms with Crippen molar-refractivity contribution >= 4 is 59.7 Å². The van der Waals surface area contributed by atoms with Gasteiger partial charge in [-0.3, -0.25) is 0 Å². The van der Waals surface area contributed by atoms with Crippen molar-refractivity contribution in [2.45, 2.75) is 9.79 Å². The first-order valence-electron chi connectivity index (χ1n) is 4.88. The molecule has 0 fully saturated rings. The first-order chi connectivity index (χ1) is 8.40. The molecular weight excluding hydrogens is 299 g/mol. The van der Waals surface area contributed by atoms with Crippen molar-refractivity contribution in [3.63, 3.8) is 0 Å². The van der Waals surface area contributed by atoms with Crippen LogP contribution in [0.4, 0.5) is 20.2 Å². The van der Waals surface area contributed by atoms with Gasteiger partial charge in [-0.15, -0.1) is 25.3 Å². The molecule has 2 nitrogen and oxygen atoms in total. The van der Waals surface area contributed by atoms with Gasteiger partial charge in [-0.2, -0.15) is 0 Å². The van der Waals surface area contributed by atoms with Crippen LogP contribution >= 0.6 is 25.3 Å². The maximum atomic E-state index is 12.2. The van der Waals surface area contributed by atoms with E-state index in [4.69, 9.17) is 11.5 Å². The monoisotopic (exact) mass is 312 g/mol. The van der Waals surface area contributed by atoms with Crippen LogP contribution in [-0.4, -0.2) is 23.1 Å². The van der Waals surface area contributed by atoms with Gasteiger partial charge >= 0.3 is 23.1 Å². The molecule has 2 aromatic carbocycles. The van der Waals surface area contributed by atoms with E-state index in [0.717, 1.165) is 0 Å². The molecule has 2 aromatic rings. The van der Waals surface area contributed by atoms with Crippen molar-refractivity contribution in [3.8, 4) is 0 Å². The zero-order chi connectivity index (χ0) is 13.7. The van der Waals surface area contributed by atoms with Gasteiger partial charge in [0.1, 0.15) is 11.6 Å². The van der Waals surface area contributed by atoms with E-state index in [9.17, 15) is 8.78 Å². The topological polar surface area (TPSA) is 52.0 Å². The molecule has 0 atom stereocenters. The van der Waals surface area contributed by atoms with Crippen LogP contribution in [0.15, 0.2) is 46.2 Å². The number of hydrogen-bond acceptors (Lipinski definition) is 4. The minimum Gasteiger partial charge on any atom is -1.00 e. The Kier molecular flexibility index (Phi) is 8.24. The summed E-state index contributed by atoms with van der Waals surface area (Å²) in [6, 6.07) is 8.12. The molecule has 0 radical (unpaired) electrons. The smallest absolute Gasteiger partial charge is 1.00 e. The predicted octanol–water partition coefficient (Wildman–Crippen LogP) is 3.24. The van der Waals surface area contributed by atoms with Crippen LogP contribution in [0, 0.1) is 11.6 Å². The molecule has 4 N–H and O–H groups in total.